The van der Waals surface area contributed by atoms with E-state index in [1.54, 1.807) is 27.0 Å². The molecule has 2 heterocycles. The first kappa shape index (κ1) is 18.3. The highest BCUT2D eigenvalue weighted by atomic mass is 32.2. The van der Waals surface area contributed by atoms with Crippen LogP contribution in [0.5, 0.6) is 0 Å². The highest BCUT2D eigenvalue weighted by Gasteiger charge is 2.34. The van der Waals surface area contributed by atoms with Gasteiger partial charge in [0.15, 0.2) is 9.84 Å². The van der Waals surface area contributed by atoms with Crippen molar-refractivity contribution >= 4 is 15.5 Å². The normalized spacial score (nSPS) is 24.8. The van der Waals surface area contributed by atoms with Crippen molar-refractivity contribution in [3.05, 3.63) is 41.7 Å². The summed E-state index contributed by atoms with van der Waals surface area (Å²) in [6.07, 6.45) is 9.99. The van der Waals surface area contributed by atoms with Gasteiger partial charge in [-0.3, -0.25) is 9.98 Å². The number of aromatic nitrogens is 1. The molecule has 1 aliphatic heterocycles. The van der Waals surface area contributed by atoms with Crippen molar-refractivity contribution in [1.82, 2.24) is 4.98 Å². The fraction of sp³-hybridized carbons (Fsp3) is 0.600. The Morgan fingerprint density at radius 1 is 1.16 bits per heavy atom. The van der Waals surface area contributed by atoms with E-state index in [1.165, 1.54) is 5.57 Å². The van der Waals surface area contributed by atoms with Gasteiger partial charge in [-0.15, -0.1) is 0 Å². The molecule has 136 valence electrons. The maximum absolute atomic E-state index is 12.4. The minimum absolute atomic E-state index is 0.307. The average Bonchev–Trinajstić information content (AvgIpc) is 3.05. The zero-order valence-corrected chi connectivity index (χ0v) is 16.2. The predicted molar refractivity (Wildman–Crippen MR) is 103 cm³/mol. The molecule has 1 aromatic heterocycles. The van der Waals surface area contributed by atoms with Gasteiger partial charge in [0.2, 0.25) is 0 Å². The summed E-state index contributed by atoms with van der Waals surface area (Å²) in [5, 5.41) is 0. The molecule has 0 saturated heterocycles. The molecule has 1 aromatic rings. The van der Waals surface area contributed by atoms with Gasteiger partial charge in [0.1, 0.15) is 0 Å². The number of hydrogen-bond acceptors (Lipinski definition) is 4. The molecule has 1 aliphatic carbocycles. The van der Waals surface area contributed by atoms with Crippen LogP contribution in [0.2, 0.25) is 0 Å². The van der Waals surface area contributed by atoms with Crippen LogP contribution < -0.4 is 0 Å². The van der Waals surface area contributed by atoms with E-state index in [0.717, 1.165) is 43.5 Å². The Hall–Kier alpha value is -1.49. The van der Waals surface area contributed by atoms with Gasteiger partial charge < -0.3 is 0 Å². The molecule has 3 rings (SSSR count). The van der Waals surface area contributed by atoms with Gasteiger partial charge in [0.25, 0.3) is 0 Å². The van der Waals surface area contributed by atoms with Crippen LogP contribution in [0.25, 0.3) is 0 Å². The molecule has 0 unspecified atom stereocenters. The van der Waals surface area contributed by atoms with Crippen LogP contribution in [0.4, 0.5) is 0 Å². The van der Waals surface area contributed by atoms with Crippen LogP contribution in [0, 0.1) is 11.8 Å². The second-order valence-electron chi connectivity index (χ2n) is 8.27. The Morgan fingerprint density at radius 2 is 1.88 bits per heavy atom. The molecule has 0 bridgehead atoms. The summed E-state index contributed by atoms with van der Waals surface area (Å²) in [6, 6.07) is 3.98. The van der Waals surface area contributed by atoms with E-state index < -0.39 is 14.6 Å². The Morgan fingerprint density at radius 3 is 2.48 bits per heavy atom. The molecule has 25 heavy (non-hydrogen) atoms. The second-order valence-corrected chi connectivity index (χ2v) is 11.1. The van der Waals surface area contributed by atoms with Gasteiger partial charge in [0.05, 0.1) is 22.8 Å². The molecule has 0 aromatic carbocycles. The fourth-order valence-electron chi connectivity index (χ4n) is 3.64. The lowest BCUT2D eigenvalue weighted by atomic mass is 9.79. The summed E-state index contributed by atoms with van der Waals surface area (Å²) in [7, 11) is -3.02. The molecule has 0 radical (unpaired) electrons. The summed E-state index contributed by atoms with van der Waals surface area (Å²) >= 11 is 0. The molecule has 0 atom stereocenters. The van der Waals surface area contributed by atoms with E-state index in [2.05, 4.69) is 16.1 Å². The van der Waals surface area contributed by atoms with Gasteiger partial charge in [-0.1, -0.05) is 0 Å². The Labute approximate surface area is 151 Å². The quantitative estimate of drug-likeness (QED) is 0.820. The predicted octanol–water partition coefficient (Wildman–Crippen LogP) is 3.83. The third kappa shape index (κ3) is 4.20. The van der Waals surface area contributed by atoms with Gasteiger partial charge in [-0.25, -0.2) is 8.42 Å². The molecule has 1 saturated carbocycles. The molecule has 4 nitrogen and oxygen atoms in total. The van der Waals surface area contributed by atoms with E-state index in [-0.39, 0.29) is 0 Å². The van der Waals surface area contributed by atoms with Crippen LogP contribution in [0.3, 0.4) is 0 Å². The van der Waals surface area contributed by atoms with Gasteiger partial charge in [-0.2, -0.15) is 0 Å². The SMILES string of the molecule is CC(C)(C)S(=O)(=O)CC1CCC(C2=CC(c3cccnc3)=NC2)CC1. The Balaban J connectivity index is 1.57. The van der Waals surface area contributed by atoms with Crippen molar-refractivity contribution in [1.29, 1.82) is 0 Å². The molecule has 5 heteroatoms. The summed E-state index contributed by atoms with van der Waals surface area (Å²) in [5.74, 6) is 1.19. The first-order valence-electron chi connectivity index (χ1n) is 9.14. The fourth-order valence-corrected chi connectivity index (χ4v) is 5.09. The van der Waals surface area contributed by atoms with Crippen molar-refractivity contribution in [3.8, 4) is 0 Å². The zero-order chi connectivity index (χ0) is 18.1. The van der Waals surface area contributed by atoms with Crippen LogP contribution in [0.15, 0.2) is 41.2 Å². The van der Waals surface area contributed by atoms with Gasteiger partial charge in [0, 0.05) is 18.0 Å². The van der Waals surface area contributed by atoms with Crippen molar-refractivity contribution in [2.24, 2.45) is 16.8 Å². The van der Waals surface area contributed by atoms with E-state index in [4.69, 9.17) is 0 Å². The van der Waals surface area contributed by atoms with E-state index in [0.29, 0.717) is 17.6 Å². The van der Waals surface area contributed by atoms with Crippen molar-refractivity contribution in [2.75, 3.05) is 12.3 Å². The maximum atomic E-state index is 12.4. The lowest BCUT2D eigenvalue weighted by Gasteiger charge is -2.31. The van der Waals surface area contributed by atoms with Crippen LogP contribution in [0.1, 0.15) is 52.0 Å². The number of pyridine rings is 1. The smallest absolute Gasteiger partial charge is 0.155 e. The third-order valence-electron chi connectivity index (χ3n) is 5.47. The summed E-state index contributed by atoms with van der Waals surface area (Å²) < 4.78 is 24.2. The topological polar surface area (TPSA) is 59.4 Å². The average molecular weight is 361 g/mol. The monoisotopic (exact) mass is 360 g/mol. The van der Waals surface area contributed by atoms with E-state index in [1.807, 2.05) is 18.3 Å². The maximum Gasteiger partial charge on any atom is 0.155 e. The van der Waals surface area contributed by atoms with Crippen LogP contribution in [-0.4, -0.2) is 36.2 Å². The standard InChI is InChI=1S/C20H28N2O2S/c1-20(2,3)25(23,24)14-15-6-8-16(9-7-15)18-11-19(22-13-18)17-5-4-10-21-12-17/h4-5,10-12,15-16H,6-9,13-14H2,1-3H3. The van der Waals surface area contributed by atoms with E-state index >= 15 is 0 Å². The van der Waals surface area contributed by atoms with Crippen molar-refractivity contribution < 1.29 is 8.42 Å². The lowest BCUT2D eigenvalue weighted by Crippen LogP contribution is -2.34. The number of aliphatic imine (C=N–C) groups is 1. The van der Waals surface area contributed by atoms with Crippen LogP contribution in [-0.2, 0) is 9.84 Å². The number of allylic oxidation sites excluding steroid dienone is 1. The second kappa shape index (κ2) is 7.02. The molecular weight excluding hydrogens is 332 g/mol. The zero-order valence-electron chi connectivity index (χ0n) is 15.4. The minimum atomic E-state index is -3.02. The number of nitrogens with zero attached hydrogens (tertiary/aromatic N) is 2. The van der Waals surface area contributed by atoms with E-state index in [9.17, 15) is 8.42 Å². The van der Waals surface area contributed by atoms with Crippen molar-refractivity contribution in [3.63, 3.8) is 0 Å². The van der Waals surface area contributed by atoms with Gasteiger partial charge >= 0.3 is 0 Å². The number of sulfone groups is 1. The van der Waals surface area contributed by atoms with Crippen LogP contribution >= 0.6 is 0 Å². The largest absolute Gasteiger partial charge is 0.280 e. The summed E-state index contributed by atoms with van der Waals surface area (Å²) in [4.78, 5) is 8.83. The molecule has 0 spiro atoms. The molecule has 0 amide bonds. The first-order chi connectivity index (χ1) is 11.8. The number of rotatable bonds is 4. The minimum Gasteiger partial charge on any atom is -0.280 e. The highest BCUT2D eigenvalue weighted by molar-refractivity contribution is 7.92. The van der Waals surface area contributed by atoms with Crippen molar-refractivity contribution in [2.45, 2.75) is 51.2 Å². The summed E-state index contributed by atoms with van der Waals surface area (Å²) in [6.45, 7) is 6.18. The Bertz CT molecular complexity index is 766. The Kier molecular flexibility index (Phi) is 5.14. The molecule has 2 aliphatic rings. The van der Waals surface area contributed by atoms with Gasteiger partial charge in [-0.05, 0) is 82.1 Å². The molecule has 0 N–H and O–H groups in total. The highest BCUT2D eigenvalue weighted by Crippen LogP contribution is 2.36. The first-order valence-corrected chi connectivity index (χ1v) is 10.8. The number of hydrogen-bond donors (Lipinski definition) is 0. The molecular formula is C20H28N2O2S. The lowest BCUT2D eigenvalue weighted by molar-refractivity contribution is 0.319. The third-order valence-corrected chi connectivity index (χ3v) is 8.25. The molecule has 1 fully saturated rings. The summed E-state index contributed by atoms with van der Waals surface area (Å²) in [5.41, 5.74) is 3.50.